The number of aryl methyl sites for hydroxylation is 1. The lowest BCUT2D eigenvalue weighted by Crippen LogP contribution is -2.35. The molecule has 0 spiro atoms. The van der Waals surface area contributed by atoms with Crippen molar-refractivity contribution in [2.45, 2.75) is 30.8 Å². The Kier molecular flexibility index (Phi) is 5.96. The molecule has 1 aliphatic rings. The fraction of sp³-hybridized carbons (Fsp3) is 0.533. The molecule has 1 saturated heterocycles. The first-order valence-corrected chi connectivity index (χ1v) is 9.35. The van der Waals surface area contributed by atoms with E-state index in [2.05, 4.69) is 10.6 Å². The first-order valence-electron chi connectivity index (χ1n) is 7.50. The minimum Gasteiger partial charge on any atom is -0.376 e. The molecule has 1 heterocycles. The van der Waals surface area contributed by atoms with Crippen molar-refractivity contribution in [1.29, 1.82) is 0 Å². The Morgan fingerprint density at radius 3 is 2.78 bits per heavy atom. The smallest absolute Gasteiger partial charge is 0.242 e. The van der Waals surface area contributed by atoms with Crippen molar-refractivity contribution >= 4 is 33.0 Å². The van der Waals surface area contributed by atoms with E-state index in [0.717, 1.165) is 25.0 Å². The molecule has 8 heteroatoms. The van der Waals surface area contributed by atoms with Crippen LogP contribution in [0.4, 0.5) is 5.69 Å². The Labute approximate surface area is 143 Å². The van der Waals surface area contributed by atoms with E-state index >= 15 is 0 Å². The number of thiocarbonyl (C=S) groups is 1. The number of hydrogen-bond donors (Lipinski definition) is 2. The van der Waals surface area contributed by atoms with Crippen molar-refractivity contribution < 1.29 is 13.2 Å². The SMILES string of the molecule is Cc1ccc(S(=O)(=O)N(C)C)cc1NC(=S)NC[C@@H]1CCCO1. The number of sulfonamides is 1. The Bertz CT molecular complexity index is 669. The molecular weight excluding hydrogens is 334 g/mol. The van der Waals surface area contributed by atoms with E-state index < -0.39 is 10.0 Å². The number of ether oxygens (including phenoxy) is 1. The van der Waals surface area contributed by atoms with Gasteiger partial charge >= 0.3 is 0 Å². The molecule has 2 rings (SSSR count). The number of rotatable bonds is 5. The largest absolute Gasteiger partial charge is 0.376 e. The van der Waals surface area contributed by atoms with Gasteiger partial charge in [0.25, 0.3) is 0 Å². The Hall–Kier alpha value is -1.22. The van der Waals surface area contributed by atoms with Gasteiger partial charge in [0.05, 0.1) is 11.0 Å². The maximum absolute atomic E-state index is 12.2. The van der Waals surface area contributed by atoms with E-state index in [1.165, 1.54) is 18.4 Å². The third-order valence-electron chi connectivity index (χ3n) is 3.75. The first-order chi connectivity index (χ1) is 10.8. The van der Waals surface area contributed by atoms with E-state index in [9.17, 15) is 8.42 Å². The molecule has 0 aliphatic carbocycles. The van der Waals surface area contributed by atoms with E-state index in [-0.39, 0.29) is 11.0 Å². The van der Waals surface area contributed by atoms with E-state index in [1.807, 2.05) is 6.92 Å². The summed E-state index contributed by atoms with van der Waals surface area (Å²) in [6.45, 7) is 3.35. The zero-order valence-electron chi connectivity index (χ0n) is 13.6. The lowest BCUT2D eigenvalue weighted by Gasteiger charge is -2.17. The van der Waals surface area contributed by atoms with Crippen LogP contribution >= 0.6 is 12.2 Å². The second-order valence-corrected chi connectivity index (χ2v) is 8.29. The van der Waals surface area contributed by atoms with Crippen LogP contribution in [-0.4, -0.2) is 51.2 Å². The van der Waals surface area contributed by atoms with E-state index in [1.54, 1.807) is 18.2 Å². The summed E-state index contributed by atoms with van der Waals surface area (Å²) in [5.74, 6) is 0. The Morgan fingerprint density at radius 1 is 1.43 bits per heavy atom. The number of anilines is 1. The van der Waals surface area contributed by atoms with Crippen molar-refractivity contribution in [3.05, 3.63) is 23.8 Å². The van der Waals surface area contributed by atoms with Gasteiger partial charge in [0.1, 0.15) is 0 Å². The van der Waals surface area contributed by atoms with Crippen LogP contribution in [0.25, 0.3) is 0 Å². The molecule has 128 valence electrons. The quantitative estimate of drug-likeness (QED) is 0.782. The first kappa shape index (κ1) is 18.1. The topological polar surface area (TPSA) is 70.7 Å². The van der Waals surface area contributed by atoms with Crippen molar-refractivity contribution in [1.82, 2.24) is 9.62 Å². The van der Waals surface area contributed by atoms with Gasteiger partial charge in [-0.25, -0.2) is 12.7 Å². The molecule has 0 amide bonds. The summed E-state index contributed by atoms with van der Waals surface area (Å²) in [7, 11) is -0.448. The van der Waals surface area contributed by atoms with Gasteiger partial charge < -0.3 is 15.4 Å². The van der Waals surface area contributed by atoms with E-state index in [4.69, 9.17) is 17.0 Å². The minimum absolute atomic E-state index is 0.191. The highest BCUT2D eigenvalue weighted by atomic mass is 32.2. The van der Waals surface area contributed by atoms with Gasteiger partial charge in [-0.2, -0.15) is 0 Å². The maximum atomic E-state index is 12.2. The average molecular weight is 358 g/mol. The van der Waals surface area contributed by atoms with Crippen molar-refractivity contribution in [3.8, 4) is 0 Å². The third kappa shape index (κ3) is 4.63. The molecular formula is C15H23N3O3S2. The third-order valence-corrected chi connectivity index (χ3v) is 5.81. The summed E-state index contributed by atoms with van der Waals surface area (Å²) in [5, 5.41) is 6.65. The van der Waals surface area contributed by atoms with Crippen LogP contribution in [0.15, 0.2) is 23.1 Å². The summed E-state index contributed by atoms with van der Waals surface area (Å²) < 4.78 is 31.2. The van der Waals surface area contributed by atoms with Crippen LogP contribution in [0.3, 0.4) is 0 Å². The zero-order chi connectivity index (χ0) is 17.0. The molecule has 1 aromatic rings. The molecule has 1 aliphatic heterocycles. The summed E-state index contributed by atoms with van der Waals surface area (Å²) >= 11 is 5.28. The molecule has 1 aromatic carbocycles. The molecule has 0 saturated carbocycles. The van der Waals surface area contributed by atoms with E-state index in [0.29, 0.717) is 17.3 Å². The van der Waals surface area contributed by atoms with Gasteiger partial charge in [0.15, 0.2) is 5.11 Å². The van der Waals surface area contributed by atoms with Crippen LogP contribution in [-0.2, 0) is 14.8 Å². The highest BCUT2D eigenvalue weighted by Crippen LogP contribution is 2.22. The average Bonchev–Trinajstić information content (AvgIpc) is 3.00. The monoisotopic (exact) mass is 357 g/mol. The maximum Gasteiger partial charge on any atom is 0.242 e. The molecule has 6 nitrogen and oxygen atoms in total. The van der Waals surface area contributed by atoms with Gasteiger partial charge in [0.2, 0.25) is 10.0 Å². The molecule has 0 unspecified atom stereocenters. The molecule has 0 bridgehead atoms. The van der Waals surface area contributed by atoms with Crippen molar-refractivity contribution in [2.24, 2.45) is 0 Å². The highest BCUT2D eigenvalue weighted by Gasteiger charge is 2.19. The van der Waals surface area contributed by atoms with Gasteiger partial charge in [-0.05, 0) is 49.7 Å². The van der Waals surface area contributed by atoms with Crippen LogP contribution in [0.2, 0.25) is 0 Å². The molecule has 1 fully saturated rings. The van der Waals surface area contributed by atoms with Crippen LogP contribution in [0.1, 0.15) is 18.4 Å². The van der Waals surface area contributed by atoms with Crippen LogP contribution in [0, 0.1) is 6.92 Å². The normalized spacial score (nSPS) is 18.2. The summed E-state index contributed by atoms with van der Waals surface area (Å²) in [5.41, 5.74) is 1.60. The van der Waals surface area contributed by atoms with Crippen LogP contribution in [0.5, 0.6) is 0 Å². The van der Waals surface area contributed by atoms with Gasteiger partial charge in [-0.3, -0.25) is 0 Å². The minimum atomic E-state index is -3.47. The number of benzene rings is 1. The lowest BCUT2D eigenvalue weighted by molar-refractivity contribution is 0.114. The number of nitrogens with one attached hydrogen (secondary N) is 2. The summed E-state index contributed by atoms with van der Waals surface area (Å²) in [6.07, 6.45) is 2.30. The molecule has 1 atom stereocenters. The van der Waals surface area contributed by atoms with Gasteiger partial charge in [-0.1, -0.05) is 6.07 Å². The number of hydrogen-bond acceptors (Lipinski definition) is 4. The van der Waals surface area contributed by atoms with Gasteiger partial charge in [0, 0.05) is 32.9 Å². The second-order valence-electron chi connectivity index (χ2n) is 5.73. The molecule has 0 aromatic heterocycles. The number of nitrogens with zero attached hydrogens (tertiary/aromatic N) is 1. The van der Waals surface area contributed by atoms with Crippen molar-refractivity contribution in [2.75, 3.05) is 32.6 Å². The van der Waals surface area contributed by atoms with Gasteiger partial charge in [-0.15, -0.1) is 0 Å². The Morgan fingerprint density at radius 2 is 2.17 bits per heavy atom. The Balaban J connectivity index is 2.05. The van der Waals surface area contributed by atoms with Crippen molar-refractivity contribution in [3.63, 3.8) is 0 Å². The molecule has 2 N–H and O–H groups in total. The van der Waals surface area contributed by atoms with Crippen LogP contribution < -0.4 is 10.6 Å². The standard InChI is InChI=1S/C15H23N3O3S2/c1-11-6-7-13(23(19,20)18(2)3)9-14(11)17-15(22)16-10-12-5-4-8-21-12/h6-7,9,12H,4-5,8,10H2,1-3H3,(H2,16,17,22)/t12-/m0/s1. The second kappa shape index (κ2) is 7.57. The predicted molar refractivity (Wildman–Crippen MR) is 95.2 cm³/mol. The zero-order valence-corrected chi connectivity index (χ0v) is 15.3. The molecule has 0 radical (unpaired) electrons. The fourth-order valence-electron chi connectivity index (χ4n) is 2.29. The highest BCUT2D eigenvalue weighted by molar-refractivity contribution is 7.89. The summed E-state index contributed by atoms with van der Waals surface area (Å²) in [4.78, 5) is 0.234. The lowest BCUT2D eigenvalue weighted by atomic mass is 10.2. The molecule has 23 heavy (non-hydrogen) atoms. The predicted octanol–water partition coefficient (Wildman–Crippen LogP) is 1.71. The fourth-order valence-corrected chi connectivity index (χ4v) is 3.41. The summed E-state index contributed by atoms with van der Waals surface area (Å²) in [6, 6.07) is 4.96.